The summed E-state index contributed by atoms with van der Waals surface area (Å²) in [7, 11) is -4.14. The highest BCUT2D eigenvalue weighted by molar-refractivity contribution is 9.11. The molecule has 0 radical (unpaired) electrons. The molecule has 0 spiro atoms. The smallest absolute Gasteiger partial charge is 0.295 e. The zero-order chi connectivity index (χ0) is 25.5. The molecule has 6 nitrogen and oxygen atoms in total. The normalized spacial score (nSPS) is 16.5. The fraction of sp³-hybridized carbons (Fsp3) is 0.480. The molecule has 188 valence electrons. The Balaban J connectivity index is 0.000000270. The first-order chi connectivity index (χ1) is 16.0. The van der Waals surface area contributed by atoms with Crippen molar-refractivity contribution in [2.45, 2.75) is 70.7 Å². The van der Waals surface area contributed by atoms with Crippen LogP contribution < -0.4 is 5.32 Å². The van der Waals surface area contributed by atoms with Crippen LogP contribution in [0.15, 0.2) is 44.2 Å². The Labute approximate surface area is 220 Å². The number of hydrogen-bond acceptors (Lipinski definition) is 4. The highest BCUT2D eigenvalue weighted by Gasteiger charge is 2.28. The second kappa shape index (κ2) is 13.2. The number of amides is 1. The van der Waals surface area contributed by atoms with E-state index in [1.807, 2.05) is 6.07 Å². The molecule has 3 rings (SSSR count). The van der Waals surface area contributed by atoms with Crippen molar-refractivity contribution in [1.82, 2.24) is 4.90 Å². The van der Waals surface area contributed by atoms with Gasteiger partial charge in [-0.05, 0) is 97.9 Å². The molecule has 1 amide bonds. The van der Waals surface area contributed by atoms with Gasteiger partial charge in [-0.1, -0.05) is 53.9 Å². The van der Waals surface area contributed by atoms with Gasteiger partial charge in [0, 0.05) is 14.6 Å². The standard InChI is InChI=1S/C18H28N2O.C7H6Br2O3S/c1-4-5-12-20-13-7-6-11-16(20)18(21)19-17-14(2)9-8-10-15(17)3;1-4-5(8)2-3-6(7(4)9)13(10,11)12/h8-10,16H,4-7,11-13H2,1-3H3,(H,19,21);2-3H,1H3,(H,10,11,12). The van der Waals surface area contributed by atoms with Gasteiger partial charge >= 0.3 is 0 Å². The van der Waals surface area contributed by atoms with Gasteiger partial charge in [0.25, 0.3) is 10.1 Å². The van der Waals surface area contributed by atoms with E-state index >= 15 is 0 Å². The van der Waals surface area contributed by atoms with Crippen LogP contribution in [0, 0.1) is 20.8 Å². The Morgan fingerprint density at radius 2 is 1.76 bits per heavy atom. The fourth-order valence-electron chi connectivity index (χ4n) is 3.97. The first kappa shape index (κ1) is 29.0. The van der Waals surface area contributed by atoms with Gasteiger partial charge in [-0.25, -0.2) is 0 Å². The van der Waals surface area contributed by atoms with Gasteiger partial charge in [0.05, 0.1) is 6.04 Å². The number of aryl methyl sites for hydroxylation is 2. The van der Waals surface area contributed by atoms with Gasteiger partial charge in [-0.15, -0.1) is 0 Å². The van der Waals surface area contributed by atoms with E-state index in [-0.39, 0.29) is 16.8 Å². The molecule has 1 heterocycles. The summed E-state index contributed by atoms with van der Waals surface area (Å²) in [4.78, 5) is 14.9. The molecule has 2 aromatic carbocycles. The van der Waals surface area contributed by atoms with Gasteiger partial charge in [-0.2, -0.15) is 8.42 Å². The number of likely N-dealkylation sites (tertiary alicyclic amines) is 1. The van der Waals surface area contributed by atoms with Crippen LogP contribution in [0.3, 0.4) is 0 Å². The molecule has 2 aromatic rings. The molecule has 1 aliphatic heterocycles. The van der Waals surface area contributed by atoms with Crippen molar-refractivity contribution < 1.29 is 17.8 Å². The Morgan fingerprint density at radius 1 is 1.12 bits per heavy atom. The summed E-state index contributed by atoms with van der Waals surface area (Å²) in [6.07, 6.45) is 5.72. The predicted molar refractivity (Wildman–Crippen MR) is 145 cm³/mol. The molecule has 9 heteroatoms. The number of nitrogens with zero attached hydrogens (tertiary/aromatic N) is 1. The number of piperidine rings is 1. The molecule has 1 saturated heterocycles. The number of anilines is 1. The summed E-state index contributed by atoms with van der Waals surface area (Å²) in [5, 5.41) is 3.17. The summed E-state index contributed by atoms with van der Waals surface area (Å²) < 4.78 is 31.6. The van der Waals surface area contributed by atoms with E-state index in [0.717, 1.165) is 52.8 Å². The highest BCUT2D eigenvalue weighted by Crippen LogP contribution is 2.30. The van der Waals surface area contributed by atoms with Gasteiger partial charge in [0.1, 0.15) is 4.90 Å². The van der Waals surface area contributed by atoms with Crippen LogP contribution in [0.1, 0.15) is 55.7 Å². The van der Waals surface area contributed by atoms with Gasteiger partial charge < -0.3 is 5.32 Å². The number of benzene rings is 2. The number of nitrogens with one attached hydrogen (secondary N) is 1. The van der Waals surface area contributed by atoms with Crippen molar-refractivity contribution >= 4 is 53.6 Å². The second-order valence-electron chi connectivity index (χ2n) is 8.62. The number of carbonyl (C=O) groups excluding carboxylic acids is 1. The number of para-hydroxylation sites is 1. The molecule has 0 aliphatic carbocycles. The third-order valence-electron chi connectivity index (χ3n) is 6.01. The van der Waals surface area contributed by atoms with Crippen molar-refractivity contribution in [1.29, 1.82) is 0 Å². The van der Waals surface area contributed by atoms with Crippen molar-refractivity contribution in [3.05, 3.63) is 56.0 Å². The highest BCUT2D eigenvalue weighted by atomic mass is 79.9. The first-order valence-corrected chi connectivity index (χ1v) is 14.5. The lowest BCUT2D eigenvalue weighted by Gasteiger charge is -2.34. The fourth-order valence-corrected chi connectivity index (χ4v) is 6.15. The largest absolute Gasteiger partial charge is 0.324 e. The topological polar surface area (TPSA) is 86.7 Å². The lowest BCUT2D eigenvalue weighted by molar-refractivity contribution is -0.122. The number of rotatable bonds is 6. The Bertz CT molecular complexity index is 1090. The summed E-state index contributed by atoms with van der Waals surface area (Å²) >= 11 is 6.34. The van der Waals surface area contributed by atoms with Crippen LogP contribution in [0.5, 0.6) is 0 Å². The van der Waals surface area contributed by atoms with Crippen LogP contribution in [0.25, 0.3) is 0 Å². The third-order valence-corrected chi connectivity index (χ3v) is 9.05. The van der Waals surface area contributed by atoms with Gasteiger partial charge in [-0.3, -0.25) is 14.2 Å². The van der Waals surface area contributed by atoms with Crippen LogP contribution in [0.4, 0.5) is 5.69 Å². The number of carbonyl (C=O) groups is 1. The van der Waals surface area contributed by atoms with E-state index in [0.29, 0.717) is 4.47 Å². The van der Waals surface area contributed by atoms with Crippen LogP contribution >= 0.6 is 31.9 Å². The van der Waals surface area contributed by atoms with E-state index < -0.39 is 10.1 Å². The maximum absolute atomic E-state index is 12.7. The van der Waals surface area contributed by atoms with Gasteiger partial charge in [0.2, 0.25) is 5.91 Å². The van der Waals surface area contributed by atoms with E-state index in [2.05, 4.69) is 75.0 Å². The minimum atomic E-state index is -4.14. The Hall–Kier alpha value is -1.26. The van der Waals surface area contributed by atoms with Crippen molar-refractivity contribution in [2.24, 2.45) is 0 Å². The molecule has 2 N–H and O–H groups in total. The lowest BCUT2D eigenvalue weighted by Crippen LogP contribution is -2.47. The third kappa shape index (κ3) is 7.88. The predicted octanol–water partition coefficient (Wildman–Crippen LogP) is 6.66. The van der Waals surface area contributed by atoms with E-state index in [1.54, 1.807) is 13.0 Å². The average Bonchev–Trinajstić information content (AvgIpc) is 2.78. The molecule has 1 aliphatic rings. The molecule has 1 unspecified atom stereocenters. The molecule has 0 saturated carbocycles. The zero-order valence-electron chi connectivity index (χ0n) is 20.2. The summed E-state index contributed by atoms with van der Waals surface area (Å²) in [5.41, 5.74) is 4.00. The maximum Gasteiger partial charge on any atom is 0.295 e. The second-order valence-corrected chi connectivity index (χ2v) is 11.7. The van der Waals surface area contributed by atoms with Crippen molar-refractivity contribution in [3.8, 4) is 0 Å². The molecule has 0 aromatic heterocycles. The lowest BCUT2D eigenvalue weighted by atomic mass is 10.00. The average molecular weight is 618 g/mol. The molecular formula is C25H34Br2N2O4S. The van der Waals surface area contributed by atoms with E-state index in [9.17, 15) is 13.2 Å². The van der Waals surface area contributed by atoms with Crippen molar-refractivity contribution in [2.75, 3.05) is 18.4 Å². The maximum atomic E-state index is 12.7. The number of unbranched alkanes of at least 4 members (excludes halogenated alkanes) is 1. The molecule has 34 heavy (non-hydrogen) atoms. The number of hydrogen-bond donors (Lipinski definition) is 2. The number of halogens is 2. The summed E-state index contributed by atoms with van der Waals surface area (Å²) in [5.74, 6) is 0.170. The zero-order valence-corrected chi connectivity index (χ0v) is 24.2. The summed E-state index contributed by atoms with van der Waals surface area (Å²) in [6, 6.07) is 9.09. The van der Waals surface area contributed by atoms with Gasteiger partial charge in [0.15, 0.2) is 0 Å². The Morgan fingerprint density at radius 3 is 2.35 bits per heavy atom. The molecular weight excluding hydrogens is 584 g/mol. The quantitative estimate of drug-likeness (QED) is 0.354. The van der Waals surface area contributed by atoms with Crippen LogP contribution in [-0.2, 0) is 14.9 Å². The van der Waals surface area contributed by atoms with E-state index in [4.69, 9.17) is 4.55 Å². The van der Waals surface area contributed by atoms with Crippen LogP contribution in [-0.4, -0.2) is 42.9 Å². The monoisotopic (exact) mass is 616 g/mol. The van der Waals surface area contributed by atoms with E-state index in [1.165, 1.54) is 25.3 Å². The Kier molecular flexibility index (Phi) is 11.2. The van der Waals surface area contributed by atoms with Crippen molar-refractivity contribution in [3.63, 3.8) is 0 Å². The summed E-state index contributed by atoms with van der Waals surface area (Å²) in [6.45, 7) is 10.2. The minimum absolute atomic E-state index is 0.0457. The van der Waals surface area contributed by atoms with Crippen LogP contribution in [0.2, 0.25) is 0 Å². The first-order valence-electron chi connectivity index (χ1n) is 11.5. The minimum Gasteiger partial charge on any atom is -0.324 e. The molecule has 1 fully saturated rings. The SMILES string of the molecule is CCCCN1CCCCC1C(=O)Nc1c(C)cccc1C.Cc1c(Br)ccc(S(=O)(=O)O)c1Br. The molecule has 0 bridgehead atoms. The molecule has 1 atom stereocenters.